The van der Waals surface area contributed by atoms with E-state index in [1.54, 1.807) is 20.8 Å². The van der Waals surface area contributed by atoms with Crippen LogP contribution in [0.1, 0.15) is 48.1 Å². The van der Waals surface area contributed by atoms with Crippen LogP contribution >= 0.6 is 0 Å². The summed E-state index contributed by atoms with van der Waals surface area (Å²) >= 11 is 0. The van der Waals surface area contributed by atoms with E-state index in [4.69, 9.17) is 0 Å². The van der Waals surface area contributed by atoms with E-state index in [2.05, 4.69) is 5.10 Å². The number of nitrogens with zero attached hydrogens (tertiary/aromatic N) is 2. The first-order chi connectivity index (χ1) is 10.9. The second-order valence-corrected chi connectivity index (χ2v) is 6.43. The molecule has 0 aliphatic rings. The van der Waals surface area contributed by atoms with Crippen molar-refractivity contribution in [3.05, 3.63) is 52.6 Å². The lowest BCUT2D eigenvalue weighted by molar-refractivity contribution is -0.138. The minimum absolute atomic E-state index is 0.252. The summed E-state index contributed by atoms with van der Waals surface area (Å²) in [5.74, 6) is -2.15. The number of carboxylic acids is 1. The van der Waals surface area contributed by atoms with E-state index in [-0.39, 0.29) is 11.3 Å². The number of benzene rings is 1. The first kappa shape index (κ1) is 18.0. The number of carbonyl (C=O) groups is 1. The van der Waals surface area contributed by atoms with Crippen LogP contribution in [0.3, 0.4) is 0 Å². The molecule has 0 aliphatic heterocycles. The van der Waals surface area contributed by atoms with Crippen LogP contribution in [-0.2, 0) is 18.1 Å². The van der Waals surface area contributed by atoms with Gasteiger partial charge >= 0.3 is 12.1 Å². The summed E-state index contributed by atoms with van der Waals surface area (Å²) in [5.41, 5.74) is -1.71. The smallest absolute Gasteiger partial charge is 0.416 e. The highest BCUT2D eigenvalue weighted by atomic mass is 19.4. The highest BCUT2D eigenvalue weighted by Crippen LogP contribution is 2.33. The largest absolute Gasteiger partial charge is 0.477 e. The van der Waals surface area contributed by atoms with Gasteiger partial charge in [-0.1, -0.05) is 20.8 Å². The summed E-state index contributed by atoms with van der Waals surface area (Å²) in [6, 6.07) is 3.41. The maximum absolute atomic E-state index is 13.4. The predicted octanol–water partition coefficient (Wildman–Crippen LogP) is 4.09. The van der Waals surface area contributed by atoms with Gasteiger partial charge in [0.2, 0.25) is 0 Å². The molecule has 1 aromatic heterocycles. The van der Waals surface area contributed by atoms with Crippen molar-refractivity contribution in [2.75, 3.05) is 0 Å². The van der Waals surface area contributed by atoms with Gasteiger partial charge in [-0.2, -0.15) is 18.3 Å². The van der Waals surface area contributed by atoms with Crippen molar-refractivity contribution in [2.45, 2.75) is 38.9 Å². The Morgan fingerprint density at radius 2 is 1.83 bits per heavy atom. The van der Waals surface area contributed by atoms with Crippen molar-refractivity contribution in [1.82, 2.24) is 9.78 Å². The molecule has 0 unspecified atom stereocenters. The van der Waals surface area contributed by atoms with Crippen LogP contribution in [0.25, 0.3) is 0 Å². The van der Waals surface area contributed by atoms with Crippen LogP contribution < -0.4 is 0 Å². The predicted molar refractivity (Wildman–Crippen MR) is 78.4 cm³/mol. The van der Waals surface area contributed by atoms with E-state index in [9.17, 15) is 27.5 Å². The monoisotopic (exact) mass is 344 g/mol. The van der Waals surface area contributed by atoms with Crippen LogP contribution in [0.5, 0.6) is 0 Å². The lowest BCUT2D eigenvalue weighted by Crippen LogP contribution is -2.17. The molecule has 0 fully saturated rings. The normalized spacial score (nSPS) is 12.5. The van der Waals surface area contributed by atoms with Crippen molar-refractivity contribution in [2.24, 2.45) is 0 Å². The molecule has 0 atom stereocenters. The average molecular weight is 344 g/mol. The Bertz CT molecular complexity index is 773. The molecular formula is C16H16F4N2O2. The van der Waals surface area contributed by atoms with E-state index >= 15 is 0 Å². The second kappa shape index (κ2) is 5.92. The summed E-state index contributed by atoms with van der Waals surface area (Å²) in [4.78, 5) is 11.3. The first-order valence-electron chi connectivity index (χ1n) is 7.07. The third kappa shape index (κ3) is 3.74. The minimum atomic E-state index is -4.67. The Balaban J connectivity index is 2.54. The highest BCUT2D eigenvalue weighted by Gasteiger charge is 2.34. The molecule has 0 bridgehead atoms. The number of alkyl halides is 3. The molecule has 24 heavy (non-hydrogen) atoms. The summed E-state index contributed by atoms with van der Waals surface area (Å²) < 4.78 is 53.5. The maximum atomic E-state index is 13.4. The minimum Gasteiger partial charge on any atom is -0.477 e. The van der Waals surface area contributed by atoms with Crippen molar-refractivity contribution in [3.8, 4) is 0 Å². The number of rotatable bonds is 3. The lowest BCUT2D eigenvalue weighted by atomic mass is 9.92. The van der Waals surface area contributed by atoms with Crippen molar-refractivity contribution in [1.29, 1.82) is 0 Å². The molecule has 4 nitrogen and oxygen atoms in total. The molecule has 0 spiro atoms. The zero-order valence-corrected chi connectivity index (χ0v) is 13.3. The van der Waals surface area contributed by atoms with Crippen molar-refractivity contribution in [3.63, 3.8) is 0 Å². The van der Waals surface area contributed by atoms with Gasteiger partial charge in [-0.25, -0.2) is 9.18 Å². The van der Waals surface area contributed by atoms with E-state index in [1.807, 2.05) is 0 Å². The molecule has 130 valence electrons. The third-order valence-corrected chi connectivity index (χ3v) is 3.46. The Morgan fingerprint density at radius 1 is 1.21 bits per heavy atom. The second-order valence-electron chi connectivity index (χ2n) is 6.43. The zero-order chi connectivity index (χ0) is 18.3. The maximum Gasteiger partial charge on any atom is 0.416 e. The fourth-order valence-electron chi connectivity index (χ4n) is 2.21. The summed E-state index contributed by atoms with van der Waals surface area (Å²) in [5, 5.41) is 13.3. The fourth-order valence-corrected chi connectivity index (χ4v) is 2.21. The number of carboxylic acid groups (broad SMARTS) is 1. The standard InChI is InChI=1S/C16H16F4N2O2/c1-15(2,3)13-7-12(14(23)24)22(21-13)8-9-6-10(17)4-5-11(9)16(18,19)20/h4-7H,8H2,1-3H3,(H,23,24). The average Bonchev–Trinajstić information content (AvgIpc) is 2.81. The van der Waals surface area contributed by atoms with Crippen LogP contribution in [-0.4, -0.2) is 20.9 Å². The molecule has 1 N–H and O–H groups in total. The number of hydrogen-bond acceptors (Lipinski definition) is 2. The van der Waals surface area contributed by atoms with Crippen LogP contribution in [0, 0.1) is 5.82 Å². The van der Waals surface area contributed by atoms with Crippen molar-refractivity contribution >= 4 is 5.97 Å². The van der Waals surface area contributed by atoms with Crippen LogP contribution in [0.2, 0.25) is 0 Å². The molecule has 0 aliphatic carbocycles. The first-order valence-corrected chi connectivity index (χ1v) is 7.07. The molecule has 0 saturated heterocycles. The van der Waals surface area contributed by atoms with Gasteiger partial charge in [0.15, 0.2) is 0 Å². The summed E-state index contributed by atoms with van der Waals surface area (Å²) in [6.45, 7) is 4.90. The molecule has 0 saturated carbocycles. The van der Waals surface area contributed by atoms with E-state index < -0.39 is 35.5 Å². The van der Waals surface area contributed by atoms with Gasteiger partial charge in [-0.05, 0) is 29.8 Å². The zero-order valence-electron chi connectivity index (χ0n) is 13.3. The molecule has 0 amide bonds. The number of aromatic carboxylic acids is 1. The summed E-state index contributed by atoms with van der Waals surface area (Å²) in [6.07, 6.45) is -4.67. The van der Waals surface area contributed by atoms with Gasteiger partial charge in [0.05, 0.1) is 17.8 Å². The van der Waals surface area contributed by atoms with Gasteiger partial charge in [-0.3, -0.25) is 4.68 Å². The molecular weight excluding hydrogens is 328 g/mol. The van der Waals surface area contributed by atoms with Crippen LogP contribution in [0.15, 0.2) is 24.3 Å². The topological polar surface area (TPSA) is 55.1 Å². The SMILES string of the molecule is CC(C)(C)c1cc(C(=O)O)n(Cc2cc(F)ccc2C(F)(F)F)n1. The number of hydrogen-bond donors (Lipinski definition) is 1. The summed E-state index contributed by atoms with van der Waals surface area (Å²) in [7, 11) is 0. The number of aromatic nitrogens is 2. The Hall–Kier alpha value is -2.38. The molecule has 1 heterocycles. The number of halogens is 4. The molecule has 2 rings (SSSR count). The highest BCUT2D eigenvalue weighted by molar-refractivity contribution is 5.85. The van der Waals surface area contributed by atoms with Gasteiger partial charge in [-0.15, -0.1) is 0 Å². The molecule has 8 heteroatoms. The third-order valence-electron chi connectivity index (χ3n) is 3.46. The Kier molecular flexibility index (Phi) is 4.43. The van der Waals surface area contributed by atoms with Crippen molar-refractivity contribution < 1.29 is 27.5 Å². The molecule has 0 radical (unpaired) electrons. The van der Waals surface area contributed by atoms with E-state index in [0.29, 0.717) is 17.8 Å². The van der Waals surface area contributed by atoms with Gasteiger partial charge in [0, 0.05) is 5.41 Å². The van der Waals surface area contributed by atoms with Gasteiger partial charge in [0.1, 0.15) is 11.5 Å². The Labute approximate surface area is 135 Å². The van der Waals surface area contributed by atoms with E-state index in [1.165, 1.54) is 6.07 Å². The Morgan fingerprint density at radius 3 is 2.33 bits per heavy atom. The molecule has 1 aromatic carbocycles. The van der Waals surface area contributed by atoms with Gasteiger partial charge < -0.3 is 5.11 Å². The molecule has 2 aromatic rings. The van der Waals surface area contributed by atoms with Crippen LogP contribution in [0.4, 0.5) is 17.6 Å². The van der Waals surface area contributed by atoms with E-state index in [0.717, 1.165) is 10.7 Å². The lowest BCUT2D eigenvalue weighted by Gasteiger charge is -2.15. The quantitative estimate of drug-likeness (QED) is 0.854. The van der Waals surface area contributed by atoms with Gasteiger partial charge in [0.25, 0.3) is 0 Å². The fraction of sp³-hybridized carbons (Fsp3) is 0.375.